The van der Waals surface area contributed by atoms with E-state index in [9.17, 15) is 4.79 Å². The van der Waals surface area contributed by atoms with E-state index in [-0.39, 0.29) is 5.91 Å². The van der Waals surface area contributed by atoms with Crippen molar-refractivity contribution in [2.75, 3.05) is 14.1 Å². The third-order valence-corrected chi connectivity index (χ3v) is 3.51. The fourth-order valence-electron chi connectivity index (χ4n) is 2.03. The second-order valence-corrected chi connectivity index (χ2v) is 5.45. The monoisotopic (exact) mass is 303 g/mol. The summed E-state index contributed by atoms with van der Waals surface area (Å²) in [7, 11) is 3.47. The van der Waals surface area contributed by atoms with Crippen LogP contribution in [0.15, 0.2) is 54.6 Å². The summed E-state index contributed by atoms with van der Waals surface area (Å²) in [4.78, 5) is 13.2. The molecule has 0 aromatic heterocycles. The van der Waals surface area contributed by atoms with E-state index in [4.69, 9.17) is 0 Å². The molecule has 0 unspecified atom stereocenters. The molecule has 0 saturated heterocycles. The van der Waals surface area contributed by atoms with Gasteiger partial charge in [-0.2, -0.15) is 0 Å². The van der Waals surface area contributed by atoms with E-state index >= 15 is 0 Å². The van der Waals surface area contributed by atoms with E-state index in [1.807, 2.05) is 42.5 Å². The number of carbonyl (C=O) groups is 1. The van der Waals surface area contributed by atoms with Crippen LogP contribution in [0, 0.1) is 11.8 Å². The largest absolute Gasteiger partial charge is 0.345 e. The van der Waals surface area contributed by atoms with Crippen LogP contribution in [0.5, 0.6) is 0 Å². The molecule has 0 spiro atoms. The second-order valence-electron chi connectivity index (χ2n) is 5.45. The summed E-state index contributed by atoms with van der Waals surface area (Å²) in [5, 5.41) is 0. The first-order chi connectivity index (χ1) is 11.1. The van der Waals surface area contributed by atoms with Crippen LogP contribution in [0.1, 0.15) is 29.2 Å². The smallest absolute Gasteiger partial charge is 0.246 e. The van der Waals surface area contributed by atoms with Crippen molar-refractivity contribution < 1.29 is 4.79 Å². The SMILES string of the molecule is CCc1ccc(C#Cc2ccccc2/C=C/C(=O)N(C)C)cc1. The number of likely N-dealkylation sites (N-methyl/N-ethyl adjacent to an activating group) is 1. The van der Waals surface area contributed by atoms with E-state index in [1.54, 1.807) is 25.1 Å². The number of hydrogen-bond acceptors (Lipinski definition) is 1. The van der Waals surface area contributed by atoms with Gasteiger partial charge in [-0.3, -0.25) is 4.79 Å². The topological polar surface area (TPSA) is 20.3 Å². The molecule has 2 heteroatoms. The average molecular weight is 303 g/mol. The Morgan fingerprint density at radius 1 is 1.04 bits per heavy atom. The maximum absolute atomic E-state index is 11.7. The first kappa shape index (κ1) is 16.6. The normalized spacial score (nSPS) is 10.2. The maximum atomic E-state index is 11.7. The molecule has 2 aromatic rings. The molecule has 0 aliphatic rings. The van der Waals surface area contributed by atoms with Crippen molar-refractivity contribution >= 4 is 12.0 Å². The third-order valence-electron chi connectivity index (χ3n) is 3.51. The van der Waals surface area contributed by atoms with Gasteiger partial charge in [0.1, 0.15) is 0 Å². The van der Waals surface area contributed by atoms with Gasteiger partial charge in [-0.25, -0.2) is 0 Å². The zero-order valence-corrected chi connectivity index (χ0v) is 13.8. The number of nitrogens with zero attached hydrogens (tertiary/aromatic N) is 1. The van der Waals surface area contributed by atoms with E-state index in [0.717, 1.165) is 23.1 Å². The van der Waals surface area contributed by atoms with Crippen LogP contribution in [-0.2, 0) is 11.2 Å². The molecule has 2 rings (SSSR count). The van der Waals surface area contributed by atoms with Crippen LogP contribution in [0.25, 0.3) is 6.08 Å². The van der Waals surface area contributed by atoms with Crippen molar-refractivity contribution in [2.24, 2.45) is 0 Å². The number of hydrogen-bond donors (Lipinski definition) is 0. The molecule has 1 amide bonds. The Balaban J connectivity index is 2.24. The summed E-state index contributed by atoms with van der Waals surface area (Å²) in [6.07, 6.45) is 4.41. The van der Waals surface area contributed by atoms with E-state index in [2.05, 4.69) is 30.9 Å². The minimum atomic E-state index is -0.0390. The summed E-state index contributed by atoms with van der Waals surface area (Å²) in [6, 6.07) is 16.1. The van der Waals surface area contributed by atoms with Crippen molar-refractivity contribution in [2.45, 2.75) is 13.3 Å². The van der Waals surface area contributed by atoms with Gasteiger partial charge in [0.15, 0.2) is 0 Å². The third kappa shape index (κ3) is 4.86. The Morgan fingerprint density at radius 2 is 1.74 bits per heavy atom. The van der Waals surface area contributed by atoms with Crippen molar-refractivity contribution in [3.05, 3.63) is 76.9 Å². The van der Waals surface area contributed by atoms with Gasteiger partial charge in [0.25, 0.3) is 0 Å². The van der Waals surface area contributed by atoms with Gasteiger partial charge in [-0.1, -0.05) is 49.1 Å². The lowest BCUT2D eigenvalue weighted by molar-refractivity contribution is -0.123. The van der Waals surface area contributed by atoms with Gasteiger partial charge in [-0.05, 0) is 41.8 Å². The number of benzene rings is 2. The summed E-state index contributed by atoms with van der Waals surface area (Å²) >= 11 is 0. The zero-order chi connectivity index (χ0) is 16.7. The Hall–Kier alpha value is -2.79. The van der Waals surface area contributed by atoms with Crippen molar-refractivity contribution in [3.8, 4) is 11.8 Å². The van der Waals surface area contributed by atoms with Gasteiger partial charge < -0.3 is 4.90 Å². The molecular weight excluding hydrogens is 282 g/mol. The number of amides is 1. The van der Waals surface area contributed by atoms with Gasteiger partial charge >= 0.3 is 0 Å². The predicted octanol–water partition coefficient (Wildman–Crippen LogP) is 3.75. The Kier molecular flexibility index (Phi) is 5.77. The summed E-state index contributed by atoms with van der Waals surface area (Å²) in [6.45, 7) is 2.14. The van der Waals surface area contributed by atoms with Crippen LogP contribution >= 0.6 is 0 Å². The van der Waals surface area contributed by atoms with Crippen LogP contribution in [0.3, 0.4) is 0 Å². The van der Waals surface area contributed by atoms with Crippen molar-refractivity contribution in [1.82, 2.24) is 4.90 Å². The van der Waals surface area contributed by atoms with Crippen molar-refractivity contribution in [1.29, 1.82) is 0 Å². The van der Waals surface area contributed by atoms with Crippen molar-refractivity contribution in [3.63, 3.8) is 0 Å². The highest BCUT2D eigenvalue weighted by atomic mass is 16.2. The zero-order valence-electron chi connectivity index (χ0n) is 13.8. The fraction of sp³-hybridized carbons (Fsp3) is 0.190. The molecule has 116 valence electrons. The molecule has 0 aliphatic heterocycles. The first-order valence-electron chi connectivity index (χ1n) is 7.69. The lowest BCUT2D eigenvalue weighted by atomic mass is 10.1. The lowest BCUT2D eigenvalue weighted by Gasteiger charge is -2.05. The highest BCUT2D eigenvalue weighted by Gasteiger charge is 1.99. The maximum Gasteiger partial charge on any atom is 0.246 e. The molecule has 0 radical (unpaired) electrons. The van der Waals surface area contributed by atoms with Crippen LogP contribution in [-0.4, -0.2) is 24.9 Å². The fourth-order valence-corrected chi connectivity index (χ4v) is 2.03. The molecule has 0 N–H and O–H groups in total. The quantitative estimate of drug-likeness (QED) is 0.624. The van der Waals surface area contributed by atoms with Crippen LogP contribution < -0.4 is 0 Å². The number of rotatable bonds is 3. The molecule has 2 nitrogen and oxygen atoms in total. The molecule has 0 aliphatic carbocycles. The van der Waals surface area contributed by atoms with Crippen LogP contribution in [0.2, 0.25) is 0 Å². The first-order valence-corrected chi connectivity index (χ1v) is 7.69. The standard InChI is InChI=1S/C21H21NO/c1-4-17-9-11-18(12-10-17)13-14-19-7-5-6-8-20(19)15-16-21(23)22(2)3/h5-12,15-16H,4H2,1-3H3/b16-15+. The molecule has 0 heterocycles. The van der Waals surface area contributed by atoms with Crippen LogP contribution in [0.4, 0.5) is 0 Å². The highest BCUT2D eigenvalue weighted by molar-refractivity contribution is 5.91. The molecule has 0 saturated carbocycles. The molecule has 0 bridgehead atoms. The highest BCUT2D eigenvalue weighted by Crippen LogP contribution is 2.10. The molecule has 0 atom stereocenters. The molecular formula is C21H21NO. The van der Waals surface area contributed by atoms with Gasteiger partial charge in [0, 0.05) is 31.3 Å². The Labute approximate surface area is 138 Å². The summed E-state index contributed by atoms with van der Waals surface area (Å²) < 4.78 is 0. The molecule has 2 aromatic carbocycles. The second kappa shape index (κ2) is 8.00. The lowest BCUT2D eigenvalue weighted by Crippen LogP contribution is -2.18. The predicted molar refractivity (Wildman–Crippen MR) is 96.0 cm³/mol. The average Bonchev–Trinajstić information content (AvgIpc) is 2.58. The minimum absolute atomic E-state index is 0.0390. The van der Waals surface area contributed by atoms with Gasteiger partial charge in [0.2, 0.25) is 5.91 Å². The van der Waals surface area contributed by atoms with E-state index in [1.165, 1.54) is 5.56 Å². The van der Waals surface area contributed by atoms with Gasteiger partial charge in [-0.15, -0.1) is 0 Å². The molecule has 23 heavy (non-hydrogen) atoms. The Morgan fingerprint density at radius 3 is 2.39 bits per heavy atom. The Bertz CT molecular complexity index is 758. The van der Waals surface area contributed by atoms with E-state index < -0.39 is 0 Å². The molecule has 0 fully saturated rings. The van der Waals surface area contributed by atoms with E-state index in [0.29, 0.717) is 0 Å². The van der Waals surface area contributed by atoms with Gasteiger partial charge in [0.05, 0.1) is 0 Å². The summed E-state index contributed by atoms with van der Waals surface area (Å²) in [5.41, 5.74) is 4.15. The number of carbonyl (C=O) groups excluding carboxylic acids is 1. The number of aryl methyl sites for hydroxylation is 1. The summed E-state index contributed by atoms with van der Waals surface area (Å²) in [5.74, 6) is 6.34. The minimum Gasteiger partial charge on any atom is -0.345 e.